The monoisotopic (exact) mass is 440 g/mol. The Labute approximate surface area is 175 Å². The molecular formula is C20H22Cl2N2O3S. The summed E-state index contributed by atoms with van der Waals surface area (Å²) in [7, 11) is -3.35. The number of carbonyl (C=O) groups excluding carboxylic acids is 1. The molecule has 28 heavy (non-hydrogen) atoms. The van der Waals surface area contributed by atoms with Crippen molar-refractivity contribution in [3.63, 3.8) is 0 Å². The minimum atomic E-state index is -3.35. The average Bonchev–Trinajstić information content (AvgIpc) is 2.97. The summed E-state index contributed by atoms with van der Waals surface area (Å²) in [5.41, 5.74) is 2.96. The van der Waals surface area contributed by atoms with Crippen LogP contribution in [0.15, 0.2) is 36.4 Å². The molecule has 1 aliphatic heterocycles. The molecule has 0 aromatic heterocycles. The Morgan fingerprint density at radius 2 is 1.89 bits per heavy atom. The number of hydrogen-bond donors (Lipinski definition) is 0. The van der Waals surface area contributed by atoms with Gasteiger partial charge in [-0.15, -0.1) is 0 Å². The van der Waals surface area contributed by atoms with E-state index in [1.807, 2.05) is 19.9 Å². The van der Waals surface area contributed by atoms with Gasteiger partial charge >= 0.3 is 0 Å². The Kier molecular flexibility index (Phi) is 5.94. The highest BCUT2D eigenvalue weighted by Gasteiger charge is 2.33. The first-order valence-corrected chi connectivity index (χ1v) is 11.6. The second-order valence-electron chi connectivity index (χ2n) is 7.02. The smallest absolute Gasteiger partial charge is 0.254 e. The molecular weight excluding hydrogens is 419 g/mol. The molecule has 5 nitrogen and oxygen atoms in total. The van der Waals surface area contributed by atoms with Crippen LogP contribution in [0.25, 0.3) is 0 Å². The lowest BCUT2D eigenvalue weighted by Crippen LogP contribution is -2.34. The van der Waals surface area contributed by atoms with Gasteiger partial charge < -0.3 is 4.90 Å². The molecule has 0 bridgehead atoms. The third-order valence-corrected chi connectivity index (χ3v) is 6.87. The van der Waals surface area contributed by atoms with Gasteiger partial charge in [0.1, 0.15) is 0 Å². The first-order chi connectivity index (χ1) is 13.1. The molecule has 0 fully saturated rings. The zero-order chi connectivity index (χ0) is 20.6. The molecule has 1 heterocycles. The van der Waals surface area contributed by atoms with Gasteiger partial charge in [0.25, 0.3) is 5.91 Å². The van der Waals surface area contributed by atoms with Crippen LogP contribution >= 0.6 is 23.2 Å². The van der Waals surface area contributed by atoms with Crippen molar-refractivity contribution < 1.29 is 13.2 Å². The predicted molar refractivity (Wildman–Crippen MR) is 114 cm³/mol. The van der Waals surface area contributed by atoms with E-state index in [2.05, 4.69) is 0 Å². The summed E-state index contributed by atoms with van der Waals surface area (Å²) in [6.45, 7) is 4.72. The van der Waals surface area contributed by atoms with E-state index in [1.165, 1.54) is 10.6 Å². The van der Waals surface area contributed by atoms with Gasteiger partial charge in [-0.2, -0.15) is 0 Å². The van der Waals surface area contributed by atoms with E-state index < -0.39 is 10.0 Å². The van der Waals surface area contributed by atoms with E-state index in [0.717, 1.165) is 11.1 Å². The predicted octanol–water partition coefficient (Wildman–Crippen LogP) is 4.37. The summed E-state index contributed by atoms with van der Waals surface area (Å²) < 4.78 is 25.6. The molecule has 0 radical (unpaired) electrons. The fourth-order valence-corrected chi connectivity index (χ4v) is 5.19. The molecule has 1 amide bonds. The summed E-state index contributed by atoms with van der Waals surface area (Å²) in [6.07, 6.45) is 1.79. The zero-order valence-corrected chi connectivity index (χ0v) is 18.3. The maximum Gasteiger partial charge on any atom is 0.254 e. The standard InChI is InChI=1S/C20H22Cl2N2O3S/c1-4-23(12-14-5-7-17(21)18(22)10-14)20(25)15-6-8-19-16(11-15)9-13(2)24(19)28(3,26)27/h5-8,10-11,13H,4,9,12H2,1-3H3. The summed E-state index contributed by atoms with van der Waals surface area (Å²) in [4.78, 5) is 14.7. The van der Waals surface area contributed by atoms with Gasteiger partial charge in [-0.25, -0.2) is 8.42 Å². The largest absolute Gasteiger partial charge is 0.335 e. The SMILES string of the molecule is CCN(Cc1ccc(Cl)c(Cl)c1)C(=O)c1ccc2c(c1)CC(C)N2S(C)(=O)=O. The molecule has 2 aromatic carbocycles. The van der Waals surface area contributed by atoms with Crippen molar-refractivity contribution in [3.05, 3.63) is 63.1 Å². The number of carbonyl (C=O) groups is 1. The maximum atomic E-state index is 13.0. The van der Waals surface area contributed by atoms with Crippen molar-refractivity contribution in [2.24, 2.45) is 0 Å². The summed E-state index contributed by atoms with van der Waals surface area (Å²) in [5, 5.41) is 0.929. The van der Waals surface area contributed by atoms with Gasteiger partial charge in [0.2, 0.25) is 10.0 Å². The minimum absolute atomic E-state index is 0.109. The number of anilines is 1. The number of halogens is 2. The quantitative estimate of drug-likeness (QED) is 0.693. The van der Waals surface area contributed by atoms with Crippen molar-refractivity contribution in [1.29, 1.82) is 0 Å². The van der Waals surface area contributed by atoms with Crippen molar-refractivity contribution in [1.82, 2.24) is 4.90 Å². The van der Waals surface area contributed by atoms with Gasteiger partial charge in [0, 0.05) is 24.7 Å². The highest BCUT2D eigenvalue weighted by molar-refractivity contribution is 7.92. The van der Waals surface area contributed by atoms with Crippen LogP contribution in [0.5, 0.6) is 0 Å². The fraction of sp³-hybridized carbons (Fsp3) is 0.350. The lowest BCUT2D eigenvalue weighted by atomic mass is 10.1. The van der Waals surface area contributed by atoms with E-state index in [1.54, 1.807) is 35.2 Å². The first kappa shape index (κ1) is 21.0. The van der Waals surface area contributed by atoms with Crippen LogP contribution in [-0.4, -0.2) is 38.1 Å². The number of amides is 1. The van der Waals surface area contributed by atoms with Gasteiger partial charge in [0.15, 0.2) is 0 Å². The fourth-order valence-electron chi connectivity index (χ4n) is 3.61. The molecule has 3 rings (SSSR count). The highest BCUT2D eigenvalue weighted by Crippen LogP contribution is 2.35. The molecule has 0 N–H and O–H groups in total. The molecule has 150 valence electrons. The van der Waals surface area contributed by atoms with E-state index in [-0.39, 0.29) is 11.9 Å². The van der Waals surface area contributed by atoms with Gasteiger partial charge in [0.05, 0.1) is 22.0 Å². The van der Waals surface area contributed by atoms with Gasteiger partial charge in [-0.05, 0) is 61.7 Å². The Hall–Kier alpha value is -1.76. The van der Waals surface area contributed by atoms with Crippen LogP contribution in [0, 0.1) is 0 Å². The number of nitrogens with zero attached hydrogens (tertiary/aromatic N) is 2. The second kappa shape index (κ2) is 7.93. The maximum absolute atomic E-state index is 13.0. The molecule has 0 saturated carbocycles. The topological polar surface area (TPSA) is 57.7 Å². The van der Waals surface area contributed by atoms with Crippen molar-refractivity contribution >= 4 is 44.8 Å². The van der Waals surface area contributed by atoms with Gasteiger partial charge in [-0.1, -0.05) is 29.3 Å². The summed E-state index contributed by atoms with van der Waals surface area (Å²) >= 11 is 12.0. The summed E-state index contributed by atoms with van der Waals surface area (Å²) in [6, 6.07) is 10.4. The third kappa shape index (κ3) is 4.14. The van der Waals surface area contributed by atoms with E-state index in [9.17, 15) is 13.2 Å². The number of hydrogen-bond acceptors (Lipinski definition) is 3. The molecule has 1 unspecified atom stereocenters. The van der Waals surface area contributed by atoms with Crippen LogP contribution in [0.4, 0.5) is 5.69 Å². The van der Waals surface area contributed by atoms with Crippen molar-refractivity contribution in [2.75, 3.05) is 17.1 Å². The van der Waals surface area contributed by atoms with Crippen LogP contribution in [-0.2, 0) is 23.0 Å². The van der Waals surface area contributed by atoms with Crippen molar-refractivity contribution in [2.45, 2.75) is 32.9 Å². The van der Waals surface area contributed by atoms with Crippen LogP contribution in [0.3, 0.4) is 0 Å². The lowest BCUT2D eigenvalue weighted by molar-refractivity contribution is 0.0752. The molecule has 0 aliphatic carbocycles. The Morgan fingerprint density at radius 3 is 2.50 bits per heavy atom. The molecule has 2 aromatic rings. The van der Waals surface area contributed by atoms with Crippen LogP contribution in [0.2, 0.25) is 10.0 Å². The molecule has 1 atom stereocenters. The molecule has 0 spiro atoms. The highest BCUT2D eigenvalue weighted by atomic mass is 35.5. The van der Waals surface area contributed by atoms with E-state index in [0.29, 0.717) is 40.8 Å². The number of benzene rings is 2. The van der Waals surface area contributed by atoms with Gasteiger partial charge in [-0.3, -0.25) is 9.10 Å². The molecule has 0 saturated heterocycles. The Balaban J connectivity index is 1.86. The second-order valence-corrected chi connectivity index (χ2v) is 9.70. The summed E-state index contributed by atoms with van der Waals surface area (Å²) in [5.74, 6) is -0.109. The normalized spacial score (nSPS) is 16.2. The number of fused-ring (bicyclic) bond motifs is 1. The third-order valence-electron chi connectivity index (χ3n) is 4.86. The molecule has 8 heteroatoms. The first-order valence-electron chi connectivity index (χ1n) is 8.97. The minimum Gasteiger partial charge on any atom is -0.335 e. The van der Waals surface area contributed by atoms with E-state index in [4.69, 9.17) is 23.2 Å². The molecule has 1 aliphatic rings. The lowest BCUT2D eigenvalue weighted by Gasteiger charge is -2.23. The average molecular weight is 441 g/mol. The Bertz CT molecular complexity index is 1020. The van der Waals surface area contributed by atoms with E-state index >= 15 is 0 Å². The van der Waals surface area contributed by atoms with Crippen LogP contribution < -0.4 is 4.31 Å². The number of sulfonamides is 1. The number of rotatable bonds is 5. The van der Waals surface area contributed by atoms with Crippen molar-refractivity contribution in [3.8, 4) is 0 Å². The van der Waals surface area contributed by atoms with Crippen LogP contribution in [0.1, 0.15) is 35.3 Å². The zero-order valence-electron chi connectivity index (χ0n) is 15.9. The Morgan fingerprint density at radius 1 is 1.18 bits per heavy atom.